The van der Waals surface area contributed by atoms with Gasteiger partial charge in [0.25, 0.3) is 0 Å². The van der Waals surface area contributed by atoms with Gasteiger partial charge in [-0.25, -0.2) is 4.90 Å². The Morgan fingerprint density at radius 1 is 1.14 bits per heavy atom. The minimum absolute atomic E-state index is 0.0460. The summed E-state index contributed by atoms with van der Waals surface area (Å²) in [5.41, 5.74) is 1.08. The maximum Gasteiger partial charge on any atom is 0.497 e. The van der Waals surface area contributed by atoms with Crippen molar-refractivity contribution in [1.82, 2.24) is 4.90 Å². The van der Waals surface area contributed by atoms with Crippen LogP contribution in [0.1, 0.15) is 0 Å². The standard InChI is InChI=1S/C10H16N3O/c1-11(2)9-5-7-13(8-6-9)10(14)12(3)4/h5-8H,1-4H3/q+1. The Labute approximate surface area is 84.4 Å². The van der Waals surface area contributed by atoms with Gasteiger partial charge in [0.1, 0.15) is 12.4 Å². The average Bonchev–Trinajstić information content (AvgIpc) is 2.16. The topological polar surface area (TPSA) is 27.4 Å². The summed E-state index contributed by atoms with van der Waals surface area (Å²) in [5, 5.41) is 0. The van der Waals surface area contributed by atoms with Crippen molar-refractivity contribution in [2.75, 3.05) is 33.1 Å². The minimum atomic E-state index is -0.0460. The molecule has 1 rings (SSSR count). The first-order valence-electron chi connectivity index (χ1n) is 4.42. The molecule has 1 aromatic heterocycles. The molecule has 1 aromatic rings. The molecule has 0 aliphatic heterocycles. The fourth-order valence-electron chi connectivity index (χ4n) is 1.08. The van der Waals surface area contributed by atoms with Crippen LogP contribution in [0, 0.1) is 0 Å². The van der Waals surface area contributed by atoms with Crippen LogP contribution in [0.15, 0.2) is 24.5 Å². The van der Waals surface area contributed by atoms with Crippen molar-refractivity contribution in [3.8, 4) is 0 Å². The number of rotatable bonds is 1. The first kappa shape index (κ1) is 10.5. The molecule has 0 atom stereocenters. The molecule has 0 bridgehead atoms. The van der Waals surface area contributed by atoms with Crippen LogP contribution in [0.5, 0.6) is 0 Å². The van der Waals surface area contributed by atoms with Gasteiger partial charge >= 0.3 is 6.03 Å². The van der Waals surface area contributed by atoms with Crippen LogP contribution in [-0.4, -0.2) is 39.1 Å². The fraction of sp³-hybridized carbons (Fsp3) is 0.400. The van der Waals surface area contributed by atoms with Gasteiger partial charge in [-0.3, -0.25) is 0 Å². The molecule has 0 fully saturated rings. The average molecular weight is 194 g/mol. The van der Waals surface area contributed by atoms with Crippen LogP contribution in [-0.2, 0) is 0 Å². The van der Waals surface area contributed by atoms with Gasteiger partial charge in [0.15, 0.2) is 0 Å². The number of carbonyl (C=O) groups is 1. The molecule has 4 nitrogen and oxygen atoms in total. The molecule has 0 N–H and O–H groups in total. The summed E-state index contributed by atoms with van der Waals surface area (Å²) >= 11 is 0. The zero-order chi connectivity index (χ0) is 10.7. The summed E-state index contributed by atoms with van der Waals surface area (Å²) in [6, 6.07) is 3.76. The summed E-state index contributed by atoms with van der Waals surface area (Å²) in [4.78, 5) is 15.0. The molecule has 0 saturated carbocycles. The maximum atomic E-state index is 11.5. The molecular formula is C10H16N3O+. The van der Waals surface area contributed by atoms with Crippen molar-refractivity contribution < 1.29 is 9.36 Å². The third-order valence-corrected chi connectivity index (χ3v) is 1.93. The van der Waals surface area contributed by atoms with Gasteiger partial charge in [-0.2, -0.15) is 9.36 Å². The van der Waals surface area contributed by atoms with E-state index in [0.717, 1.165) is 5.69 Å². The Bertz CT molecular complexity index is 317. The number of carbonyl (C=O) groups excluding carboxylic acids is 1. The zero-order valence-electron chi connectivity index (χ0n) is 9.06. The van der Waals surface area contributed by atoms with E-state index in [1.807, 2.05) is 31.1 Å². The normalized spacial score (nSPS) is 9.71. The van der Waals surface area contributed by atoms with Crippen LogP contribution < -0.4 is 9.47 Å². The van der Waals surface area contributed by atoms with Crippen LogP contribution >= 0.6 is 0 Å². The highest BCUT2D eigenvalue weighted by Crippen LogP contribution is 2.05. The van der Waals surface area contributed by atoms with Gasteiger partial charge in [0.05, 0.1) is 14.1 Å². The maximum absolute atomic E-state index is 11.5. The van der Waals surface area contributed by atoms with Crippen LogP contribution in [0.3, 0.4) is 0 Å². The van der Waals surface area contributed by atoms with E-state index in [4.69, 9.17) is 0 Å². The monoisotopic (exact) mass is 194 g/mol. The number of pyridine rings is 1. The molecular weight excluding hydrogens is 178 g/mol. The van der Waals surface area contributed by atoms with Crippen molar-refractivity contribution in [3.63, 3.8) is 0 Å². The molecule has 14 heavy (non-hydrogen) atoms. The van der Waals surface area contributed by atoms with Crippen molar-refractivity contribution in [2.24, 2.45) is 0 Å². The second-order valence-corrected chi connectivity index (χ2v) is 3.54. The summed E-state index contributed by atoms with van der Waals surface area (Å²) in [5.74, 6) is 0. The molecule has 0 aliphatic carbocycles. The van der Waals surface area contributed by atoms with E-state index in [1.54, 1.807) is 31.1 Å². The molecule has 0 aliphatic rings. The lowest BCUT2D eigenvalue weighted by Crippen LogP contribution is -2.49. The molecule has 0 saturated heterocycles. The van der Waals surface area contributed by atoms with Gasteiger partial charge in [-0.15, -0.1) is 0 Å². The van der Waals surface area contributed by atoms with Crippen LogP contribution in [0.25, 0.3) is 0 Å². The number of hydrogen-bond acceptors (Lipinski definition) is 2. The number of amides is 1. The molecule has 1 amide bonds. The minimum Gasteiger partial charge on any atom is -0.377 e. The number of hydrogen-bond donors (Lipinski definition) is 0. The zero-order valence-corrected chi connectivity index (χ0v) is 9.06. The summed E-state index contributed by atoms with van der Waals surface area (Å²) < 4.78 is 1.55. The fourth-order valence-corrected chi connectivity index (χ4v) is 1.08. The third kappa shape index (κ3) is 2.22. The lowest BCUT2D eigenvalue weighted by Gasteiger charge is -2.11. The Morgan fingerprint density at radius 2 is 1.64 bits per heavy atom. The molecule has 0 aromatic carbocycles. The SMILES string of the molecule is CN(C)C(=O)[n+]1ccc(N(C)C)cc1. The van der Waals surface area contributed by atoms with Crippen LogP contribution in [0.4, 0.5) is 10.5 Å². The summed E-state index contributed by atoms with van der Waals surface area (Å²) in [7, 11) is 7.39. The van der Waals surface area contributed by atoms with Gasteiger partial charge in [-0.1, -0.05) is 0 Å². The van der Waals surface area contributed by atoms with E-state index in [2.05, 4.69) is 0 Å². The van der Waals surface area contributed by atoms with E-state index in [-0.39, 0.29) is 6.03 Å². The summed E-state index contributed by atoms with van der Waals surface area (Å²) in [6.45, 7) is 0. The third-order valence-electron chi connectivity index (χ3n) is 1.93. The first-order valence-corrected chi connectivity index (χ1v) is 4.42. The van der Waals surface area contributed by atoms with Crippen LogP contribution in [0.2, 0.25) is 0 Å². The Morgan fingerprint density at radius 3 is 2.00 bits per heavy atom. The van der Waals surface area contributed by atoms with Crippen molar-refractivity contribution >= 4 is 11.7 Å². The highest BCUT2D eigenvalue weighted by atomic mass is 16.2. The molecule has 1 heterocycles. The highest BCUT2D eigenvalue weighted by molar-refractivity contribution is 5.63. The molecule has 76 valence electrons. The van der Waals surface area contributed by atoms with E-state index >= 15 is 0 Å². The molecule has 4 heteroatoms. The molecule has 0 unspecified atom stereocenters. The molecule has 0 spiro atoms. The van der Waals surface area contributed by atoms with E-state index in [9.17, 15) is 4.79 Å². The molecule has 0 radical (unpaired) electrons. The predicted octanol–water partition coefficient (Wildman–Crippen LogP) is 0.570. The van der Waals surface area contributed by atoms with Gasteiger partial charge < -0.3 is 4.90 Å². The highest BCUT2D eigenvalue weighted by Gasteiger charge is 2.14. The Balaban J connectivity index is 2.89. The Kier molecular flexibility index (Phi) is 3.06. The Hall–Kier alpha value is -1.58. The quantitative estimate of drug-likeness (QED) is 0.611. The lowest BCUT2D eigenvalue weighted by molar-refractivity contribution is -0.577. The van der Waals surface area contributed by atoms with E-state index in [0.29, 0.717) is 0 Å². The van der Waals surface area contributed by atoms with Crippen molar-refractivity contribution in [2.45, 2.75) is 0 Å². The second-order valence-electron chi connectivity index (χ2n) is 3.54. The lowest BCUT2D eigenvalue weighted by atomic mass is 10.4. The van der Waals surface area contributed by atoms with Crippen molar-refractivity contribution in [3.05, 3.63) is 24.5 Å². The van der Waals surface area contributed by atoms with E-state index in [1.165, 1.54) is 4.90 Å². The number of anilines is 1. The number of aromatic nitrogens is 1. The summed E-state index contributed by atoms with van der Waals surface area (Å²) in [6.07, 6.45) is 3.52. The van der Waals surface area contributed by atoms with E-state index < -0.39 is 0 Å². The second kappa shape index (κ2) is 4.09. The smallest absolute Gasteiger partial charge is 0.377 e. The largest absolute Gasteiger partial charge is 0.497 e. The number of nitrogens with zero attached hydrogens (tertiary/aromatic N) is 3. The predicted molar refractivity (Wildman–Crippen MR) is 55.4 cm³/mol. The van der Waals surface area contributed by atoms with Gasteiger partial charge in [-0.05, 0) is 0 Å². The van der Waals surface area contributed by atoms with Gasteiger partial charge in [0.2, 0.25) is 0 Å². The first-order chi connectivity index (χ1) is 6.52. The van der Waals surface area contributed by atoms with Gasteiger partial charge in [0, 0.05) is 31.9 Å². The van der Waals surface area contributed by atoms with Crippen molar-refractivity contribution in [1.29, 1.82) is 0 Å².